The summed E-state index contributed by atoms with van der Waals surface area (Å²) < 4.78 is 18.5. The summed E-state index contributed by atoms with van der Waals surface area (Å²) >= 11 is 7.17. The summed E-state index contributed by atoms with van der Waals surface area (Å²) in [6.07, 6.45) is 1.67. The van der Waals surface area contributed by atoms with Gasteiger partial charge in [0, 0.05) is 29.7 Å². The van der Waals surface area contributed by atoms with Gasteiger partial charge < -0.3 is 15.0 Å². The standard InChI is InChI=1S/C22H20ClFN4O3S/c23-15-4-1-5-17(11-15)25-20(30)22-27-26-21(32-22)14-3-2-10-28(12-14)19(29)13-31-18-8-6-16(24)7-9-18/h1,4-9,11,14H,2-3,10,12-13H2,(H,25,30)/t14-/m0/s1. The van der Waals surface area contributed by atoms with Crippen LogP contribution in [0.3, 0.4) is 0 Å². The van der Waals surface area contributed by atoms with Crippen molar-refractivity contribution in [1.29, 1.82) is 0 Å². The van der Waals surface area contributed by atoms with Gasteiger partial charge in [-0.3, -0.25) is 9.59 Å². The number of piperidine rings is 1. The van der Waals surface area contributed by atoms with E-state index in [4.69, 9.17) is 16.3 Å². The molecule has 1 atom stereocenters. The van der Waals surface area contributed by atoms with Crippen LogP contribution in [-0.2, 0) is 4.79 Å². The van der Waals surface area contributed by atoms with Crippen molar-refractivity contribution < 1.29 is 18.7 Å². The number of anilines is 1. The fourth-order valence-corrected chi connectivity index (χ4v) is 4.47. The lowest BCUT2D eigenvalue weighted by Crippen LogP contribution is -2.41. The third-order valence-corrected chi connectivity index (χ3v) is 6.34. The predicted molar refractivity (Wildman–Crippen MR) is 120 cm³/mol. The average molecular weight is 475 g/mol. The van der Waals surface area contributed by atoms with Crippen molar-refractivity contribution in [2.75, 3.05) is 25.0 Å². The molecule has 1 aliphatic heterocycles. The number of nitrogens with one attached hydrogen (secondary N) is 1. The van der Waals surface area contributed by atoms with Gasteiger partial charge in [-0.15, -0.1) is 10.2 Å². The molecule has 0 unspecified atom stereocenters. The van der Waals surface area contributed by atoms with Crippen molar-refractivity contribution in [2.24, 2.45) is 0 Å². The molecule has 166 valence electrons. The van der Waals surface area contributed by atoms with Gasteiger partial charge in [0.2, 0.25) is 5.01 Å². The summed E-state index contributed by atoms with van der Waals surface area (Å²) in [7, 11) is 0. The molecule has 2 heterocycles. The van der Waals surface area contributed by atoms with E-state index in [9.17, 15) is 14.0 Å². The summed E-state index contributed by atoms with van der Waals surface area (Å²) in [5.74, 6) is -0.424. The largest absolute Gasteiger partial charge is 0.484 e. The number of halogens is 2. The van der Waals surface area contributed by atoms with E-state index in [0.29, 0.717) is 29.5 Å². The van der Waals surface area contributed by atoms with Crippen molar-refractivity contribution in [3.8, 4) is 5.75 Å². The topological polar surface area (TPSA) is 84.4 Å². The normalized spacial score (nSPS) is 15.9. The summed E-state index contributed by atoms with van der Waals surface area (Å²) in [6.45, 7) is 0.987. The van der Waals surface area contributed by atoms with Crippen LogP contribution >= 0.6 is 22.9 Å². The number of benzene rings is 2. The first-order valence-electron chi connectivity index (χ1n) is 10.0. The quantitative estimate of drug-likeness (QED) is 0.573. The molecule has 3 aromatic rings. The maximum Gasteiger partial charge on any atom is 0.286 e. The Morgan fingerprint density at radius 3 is 2.81 bits per heavy atom. The van der Waals surface area contributed by atoms with Crippen LogP contribution in [0.4, 0.5) is 10.1 Å². The van der Waals surface area contributed by atoms with E-state index in [-0.39, 0.29) is 35.2 Å². The number of hydrogen-bond donors (Lipinski definition) is 1. The first kappa shape index (κ1) is 22.2. The zero-order valence-electron chi connectivity index (χ0n) is 17.0. The number of likely N-dealkylation sites (tertiary alicyclic amines) is 1. The molecular formula is C22H20ClFN4O3S. The fourth-order valence-electron chi connectivity index (χ4n) is 3.41. The van der Waals surface area contributed by atoms with Crippen LogP contribution in [0.25, 0.3) is 0 Å². The van der Waals surface area contributed by atoms with Gasteiger partial charge in [-0.1, -0.05) is 29.0 Å². The van der Waals surface area contributed by atoms with Crippen molar-refractivity contribution >= 4 is 40.4 Å². The smallest absolute Gasteiger partial charge is 0.286 e. The first-order chi connectivity index (χ1) is 15.5. The maximum absolute atomic E-state index is 13.0. The Balaban J connectivity index is 1.34. The van der Waals surface area contributed by atoms with Crippen LogP contribution in [0, 0.1) is 5.82 Å². The van der Waals surface area contributed by atoms with E-state index in [1.807, 2.05) is 0 Å². The number of nitrogens with zero attached hydrogens (tertiary/aromatic N) is 3. The van der Waals surface area contributed by atoms with Crippen LogP contribution in [0.5, 0.6) is 5.75 Å². The monoisotopic (exact) mass is 474 g/mol. The summed E-state index contributed by atoms with van der Waals surface area (Å²) in [4.78, 5) is 26.8. The Kier molecular flexibility index (Phi) is 6.96. The Morgan fingerprint density at radius 2 is 2.03 bits per heavy atom. The molecule has 1 aliphatic rings. The van der Waals surface area contributed by atoms with E-state index < -0.39 is 0 Å². The lowest BCUT2D eigenvalue weighted by molar-refractivity contribution is -0.134. The van der Waals surface area contributed by atoms with Crippen LogP contribution in [0.15, 0.2) is 48.5 Å². The molecule has 0 aliphatic carbocycles. The first-order valence-corrected chi connectivity index (χ1v) is 11.2. The van der Waals surface area contributed by atoms with Crippen LogP contribution in [0.1, 0.15) is 33.6 Å². The zero-order chi connectivity index (χ0) is 22.5. The Labute approximate surface area is 193 Å². The van der Waals surface area contributed by atoms with E-state index >= 15 is 0 Å². The molecule has 1 aromatic heterocycles. The average Bonchev–Trinajstić information content (AvgIpc) is 3.29. The minimum atomic E-state index is -0.361. The number of aromatic nitrogens is 2. The highest BCUT2D eigenvalue weighted by Gasteiger charge is 2.28. The van der Waals surface area contributed by atoms with Crippen molar-refractivity contribution in [3.05, 3.63) is 69.4 Å². The predicted octanol–water partition coefficient (Wildman–Crippen LogP) is 4.37. The van der Waals surface area contributed by atoms with Crippen molar-refractivity contribution in [1.82, 2.24) is 15.1 Å². The Bertz CT molecular complexity index is 1110. The Hall–Kier alpha value is -3.04. The number of hydrogen-bond acceptors (Lipinski definition) is 6. The van der Waals surface area contributed by atoms with Gasteiger partial charge in [-0.25, -0.2) is 4.39 Å². The third kappa shape index (κ3) is 5.60. The Morgan fingerprint density at radius 1 is 1.22 bits per heavy atom. The number of carbonyl (C=O) groups is 2. The van der Waals surface area contributed by atoms with Gasteiger partial charge in [-0.2, -0.15) is 0 Å². The second-order valence-corrected chi connectivity index (χ2v) is 8.78. The van der Waals surface area contributed by atoms with E-state index in [1.165, 1.54) is 35.6 Å². The third-order valence-electron chi connectivity index (χ3n) is 5.02. The van der Waals surface area contributed by atoms with E-state index in [1.54, 1.807) is 29.2 Å². The fraction of sp³-hybridized carbons (Fsp3) is 0.273. The molecule has 0 spiro atoms. The van der Waals surface area contributed by atoms with Crippen LogP contribution in [0.2, 0.25) is 5.02 Å². The molecule has 0 saturated carbocycles. The molecular weight excluding hydrogens is 455 g/mol. The summed E-state index contributed by atoms with van der Waals surface area (Å²) in [6, 6.07) is 12.4. The minimum absolute atomic E-state index is 0.00346. The van der Waals surface area contributed by atoms with Crippen molar-refractivity contribution in [3.63, 3.8) is 0 Å². The molecule has 32 heavy (non-hydrogen) atoms. The number of carbonyl (C=O) groups excluding carboxylic acids is 2. The van der Waals surface area contributed by atoms with E-state index in [2.05, 4.69) is 15.5 Å². The van der Waals surface area contributed by atoms with Gasteiger partial charge in [0.15, 0.2) is 6.61 Å². The number of amides is 2. The molecule has 1 fully saturated rings. The van der Waals surface area contributed by atoms with Crippen LogP contribution in [-0.4, -0.2) is 46.6 Å². The minimum Gasteiger partial charge on any atom is -0.484 e. The molecule has 0 radical (unpaired) electrons. The molecule has 2 amide bonds. The SMILES string of the molecule is O=C(Nc1cccc(Cl)c1)c1nnc([C@H]2CCCN(C(=O)COc3ccc(F)cc3)C2)s1. The molecule has 7 nitrogen and oxygen atoms in total. The van der Waals surface area contributed by atoms with Crippen molar-refractivity contribution in [2.45, 2.75) is 18.8 Å². The molecule has 4 rings (SSSR count). The zero-order valence-corrected chi connectivity index (χ0v) is 18.5. The lowest BCUT2D eigenvalue weighted by Gasteiger charge is -2.31. The van der Waals surface area contributed by atoms with Gasteiger partial charge >= 0.3 is 0 Å². The lowest BCUT2D eigenvalue weighted by atomic mass is 9.99. The molecule has 0 bridgehead atoms. The highest BCUT2D eigenvalue weighted by molar-refractivity contribution is 7.13. The highest BCUT2D eigenvalue weighted by Crippen LogP contribution is 2.29. The van der Waals surface area contributed by atoms with Gasteiger partial charge in [0.05, 0.1) is 0 Å². The summed E-state index contributed by atoms with van der Waals surface area (Å²) in [5.41, 5.74) is 0.579. The number of rotatable bonds is 6. The second kappa shape index (κ2) is 10.1. The van der Waals surface area contributed by atoms with E-state index in [0.717, 1.165) is 17.8 Å². The van der Waals surface area contributed by atoms with Gasteiger partial charge in [0.25, 0.3) is 11.8 Å². The molecule has 2 aromatic carbocycles. The summed E-state index contributed by atoms with van der Waals surface area (Å²) in [5, 5.41) is 12.5. The van der Waals surface area contributed by atoms with Gasteiger partial charge in [-0.05, 0) is 55.3 Å². The molecule has 10 heteroatoms. The highest BCUT2D eigenvalue weighted by atomic mass is 35.5. The second-order valence-electron chi connectivity index (χ2n) is 7.33. The molecule has 1 N–H and O–H groups in total. The molecule has 1 saturated heterocycles. The van der Waals surface area contributed by atoms with Crippen LogP contribution < -0.4 is 10.1 Å². The van der Waals surface area contributed by atoms with Gasteiger partial charge in [0.1, 0.15) is 16.6 Å². The number of ether oxygens (including phenoxy) is 1. The maximum atomic E-state index is 13.0.